The van der Waals surface area contributed by atoms with Gasteiger partial charge in [0.15, 0.2) is 5.78 Å². The molecule has 3 atom stereocenters. The van der Waals surface area contributed by atoms with Gasteiger partial charge in [0.2, 0.25) is 0 Å². The molecule has 0 spiro atoms. The summed E-state index contributed by atoms with van der Waals surface area (Å²) in [5.74, 6) is 1.54. The van der Waals surface area contributed by atoms with Crippen molar-refractivity contribution in [3.05, 3.63) is 59.3 Å². The lowest BCUT2D eigenvalue weighted by molar-refractivity contribution is -0.121. The van der Waals surface area contributed by atoms with E-state index in [1.165, 1.54) is 16.7 Å². The number of carbonyl (C=O) groups excluding carboxylic acids is 1. The zero-order chi connectivity index (χ0) is 13.0. The molecule has 0 fully saturated rings. The average Bonchev–Trinajstić information content (AvgIpc) is 2.75. The number of rotatable bonds is 0. The third-order valence-electron chi connectivity index (χ3n) is 5.39. The standard InChI is InChI=1S/C18H18O/c1-18-11-10-14-13-5-3-2-4-12(13)6-7-15(14)16(18)8-9-17(18)19/h2-4,6-9,13-14H,5,10-11H2,1H3/t13-,14+,18-/m0/s1. The number of ketones is 1. The van der Waals surface area contributed by atoms with Crippen molar-refractivity contribution in [2.75, 3.05) is 0 Å². The van der Waals surface area contributed by atoms with Gasteiger partial charge in [0.05, 0.1) is 5.41 Å². The molecule has 0 aromatic carbocycles. The second-order valence-corrected chi connectivity index (χ2v) is 6.31. The van der Waals surface area contributed by atoms with Crippen LogP contribution in [0.15, 0.2) is 59.3 Å². The predicted molar refractivity (Wildman–Crippen MR) is 76.5 cm³/mol. The summed E-state index contributed by atoms with van der Waals surface area (Å²) in [6.07, 6.45) is 18.4. The van der Waals surface area contributed by atoms with E-state index < -0.39 is 0 Å². The Bertz CT molecular complexity index is 612. The maximum absolute atomic E-state index is 12.1. The fraction of sp³-hybridized carbons (Fsp3) is 0.389. The van der Waals surface area contributed by atoms with Crippen LogP contribution in [0.25, 0.3) is 0 Å². The molecule has 4 aliphatic rings. The second-order valence-electron chi connectivity index (χ2n) is 6.31. The molecule has 1 nitrogen and oxygen atoms in total. The van der Waals surface area contributed by atoms with Crippen molar-refractivity contribution in [3.8, 4) is 0 Å². The highest BCUT2D eigenvalue weighted by Gasteiger charge is 2.46. The lowest BCUT2D eigenvalue weighted by atomic mass is 9.61. The third kappa shape index (κ3) is 1.39. The summed E-state index contributed by atoms with van der Waals surface area (Å²) in [6.45, 7) is 2.12. The van der Waals surface area contributed by atoms with Gasteiger partial charge in [-0.3, -0.25) is 4.79 Å². The van der Waals surface area contributed by atoms with Crippen LogP contribution < -0.4 is 0 Å². The molecule has 0 aliphatic heterocycles. The minimum Gasteiger partial charge on any atom is -0.294 e. The molecule has 0 aromatic rings. The molecule has 0 N–H and O–H groups in total. The molecule has 0 heterocycles. The minimum absolute atomic E-state index is 0.234. The highest BCUT2D eigenvalue weighted by Crippen LogP contribution is 2.53. The van der Waals surface area contributed by atoms with Crippen molar-refractivity contribution in [1.82, 2.24) is 0 Å². The van der Waals surface area contributed by atoms with Gasteiger partial charge in [-0.2, -0.15) is 0 Å². The summed E-state index contributed by atoms with van der Waals surface area (Å²) in [6, 6.07) is 0. The van der Waals surface area contributed by atoms with E-state index in [0.717, 1.165) is 19.3 Å². The maximum atomic E-state index is 12.1. The second kappa shape index (κ2) is 3.69. The molecular weight excluding hydrogens is 232 g/mol. The van der Waals surface area contributed by atoms with Crippen LogP contribution in [-0.4, -0.2) is 5.78 Å². The normalized spacial score (nSPS) is 39.0. The van der Waals surface area contributed by atoms with Crippen LogP contribution in [0.4, 0.5) is 0 Å². The Labute approximate surface area is 114 Å². The zero-order valence-electron chi connectivity index (χ0n) is 11.2. The van der Waals surface area contributed by atoms with E-state index in [0.29, 0.717) is 17.6 Å². The first kappa shape index (κ1) is 11.2. The van der Waals surface area contributed by atoms with Crippen molar-refractivity contribution in [2.45, 2.75) is 26.2 Å². The number of hydrogen-bond acceptors (Lipinski definition) is 1. The number of allylic oxidation sites excluding steroid dienone is 10. The molecule has 0 amide bonds. The molecule has 0 bridgehead atoms. The van der Waals surface area contributed by atoms with E-state index in [4.69, 9.17) is 0 Å². The van der Waals surface area contributed by atoms with Crippen LogP contribution >= 0.6 is 0 Å². The third-order valence-corrected chi connectivity index (χ3v) is 5.39. The van der Waals surface area contributed by atoms with Gasteiger partial charge in [-0.05, 0) is 60.8 Å². The zero-order valence-corrected chi connectivity index (χ0v) is 11.2. The quantitative estimate of drug-likeness (QED) is 0.637. The van der Waals surface area contributed by atoms with E-state index in [-0.39, 0.29) is 5.41 Å². The summed E-state index contributed by atoms with van der Waals surface area (Å²) in [5, 5.41) is 0. The fourth-order valence-electron chi connectivity index (χ4n) is 4.19. The summed E-state index contributed by atoms with van der Waals surface area (Å²) in [4.78, 5) is 12.1. The Morgan fingerprint density at radius 2 is 2.05 bits per heavy atom. The Balaban J connectivity index is 1.87. The Morgan fingerprint density at radius 3 is 2.95 bits per heavy atom. The molecule has 0 radical (unpaired) electrons. The van der Waals surface area contributed by atoms with Crippen LogP contribution in [-0.2, 0) is 4.79 Å². The number of carbonyl (C=O) groups is 1. The fourth-order valence-corrected chi connectivity index (χ4v) is 4.19. The predicted octanol–water partition coefficient (Wildman–Crippen LogP) is 3.91. The SMILES string of the molecule is C[C@]12CC[C@H]3C(=C1C=CC2=O)C=CC1=CC=CC[C@@H]13. The highest BCUT2D eigenvalue weighted by atomic mass is 16.1. The summed E-state index contributed by atoms with van der Waals surface area (Å²) < 4.78 is 0. The van der Waals surface area contributed by atoms with Crippen LogP contribution in [0, 0.1) is 17.3 Å². The lowest BCUT2D eigenvalue weighted by Gasteiger charge is -2.42. The Kier molecular flexibility index (Phi) is 2.18. The van der Waals surface area contributed by atoms with Crippen molar-refractivity contribution < 1.29 is 4.79 Å². The summed E-state index contributed by atoms with van der Waals surface area (Å²) >= 11 is 0. The van der Waals surface area contributed by atoms with Crippen LogP contribution in [0.1, 0.15) is 26.2 Å². The number of fused-ring (bicyclic) bond motifs is 4. The summed E-state index contributed by atoms with van der Waals surface area (Å²) in [7, 11) is 0. The van der Waals surface area contributed by atoms with Gasteiger partial charge in [-0.1, -0.05) is 36.5 Å². The first-order valence-electron chi connectivity index (χ1n) is 7.22. The van der Waals surface area contributed by atoms with E-state index in [2.05, 4.69) is 43.4 Å². The largest absolute Gasteiger partial charge is 0.294 e. The average molecular weight is 250 g/mol. The van der Waals surface area contributed by atoms with Crippen LogP contribution in [0.2, 0.25) is 0 Å². The Morgan fingerprint density at radius 1 is 1.16 bits per heavy atom. The first-order valence-corrected chi connectivity index (χ1v) is 7.22. The van der Waals surface area contributed by atoms with E-state index in [1.807, 2.05) is 0 Å². The van der Waals surface area contributed by atoms with E-state index in [9.17, 15) is 4.79 Å². The van der Waals surface area contributed by atoms with Crippen molar-refractivity contribution in [1.29, 1.82) is 0 Å². The van der Waals surface area contributed by atoms with Crippen molar-refractivity contribution in [2.24, 2.45) is 17.3 Å². The van der Waals surface area contributed by atoms with Crippen LogP contribution in [0.5, 0.6) is 0 Å². The molecule has 0 saturated carbocycles. The molecular formula is C18H18O. The van der Waals surface area contributed by atoms with Gasteiger partial charge in [0.25, 0.3) is 0 Å². The first-order chi connectivity index (χ1) is 9.20. The molecule has 4 rings (SSSR count). The molecule has 4 aliphatic carbocycles. The molecule has 0 saturated heterocycles. The molecule has 1 heteroatoms. The monoisotopic (exact) mass is 250 g/mol. The van der Waals surface area contributed by atoms with E-state index >= 15 is 0 Å². The van der Waals surface area contributed by atoms with Gasteiger partial charge < -0.3 is 0 Å². The number of hydrogen-bond donors (Lipinski definition) is 0. The van der Waals surface area contributed by atoms with Crippen molar-refractivity contribution >= 4 is 5.78 Å². The van der Waals surface area contributed by atoms with Gasteiger partial charge in [-0.25, -0.2) is 0 Å². The lowest BCUT2D eigenvalue weighted by Crippen LogP contribution is -2.34. The van der Waals surface area contributed by atoms with Gasteiger partial charge in [-0.15, -0.1) is 0 Å². The smallest absolute Gasteiger partial charge is 0.165 e. The maximum Gasteiger partial charge on any atom is 0.165 e. The van der Waals surface area contributed by atoms with Gasteiger partial charge in [0, 0.05) is 0 Å². The van der Waals surface area contributed by atoms with Gasteiger partial charge >= 0.3 is 0 Å². The van der Waals surface area contributed by atoms with Gasteiger partial charge in [0.1, 0.15) is 0 Å². The molecule has 19 heavy (non-hydrogen) atoms. The minimum atomic E-state index is -0.234. The Hall–Kier alpha value is -1.63. The van der Waals surface area contributed by atoms with Crippen LogP contribution in [0.3, 0.4) is 0 Å². The molecule has 96 valence electrons. The topological polar surface area (TPSA) is 17.1 Å². The molecule has 0 aromatic heterocycles. The van der Waals surface area contributed by atoms with E-state index in [1.54, 1.807) is 6.08 Å². The summed E-state index contributed by atoms with van der Waals surface area (Å²) in [5.41, 5.74) is 3.95. The molecule has 0 unspecified atom stereocenters. The van der Waals surface area contributed by atoms with Crippen molar-refractivity contribution in [3.63, 3.8) is 0 Å². The highest BCUT2D eigenvalue weighted by molar-refractivity contribution is 6.02.